The molecular weight excluding hydrogens is 643 g/mol. The fourth-order valence-corrected chi connectivity index (χ4v) is 9.45. The van der Waals surface area contributed by atoms with E-state index < -0.39 is 0 Å². The number of likely N-dealkylation sites (tertiary alicyclic amines) is 1. The highest BCUT2D eigenvalue weighted by Crippen LogP contribution is 2.40. The van der Waals surface area contributed by atoms with E-state index in [0.717, 1.165) is 113 Å². The molecule has 8 heteroatoms. The molecule has 0 bridgehead atoms. The van der Waals surface area contributed by atoms with Gasteiger partial charge in [0.1, 0.15) is 17.7 Å². The van der Waals surface area contributed by atoms with Gasteiger partial charge in [0, 0.05) is 29.1 Å². The summed E-state index contributed by atoms with van der Waals surface area (Å²) in [6.07, 6.45) is 10.6. The SMILES string of the molecule is CCN(CC)[C@@H](C(=O)N1CCC[C@H]1c1nc2c([nH]1)CCCc1cc(-c3ccc4c(c3)CCCc3[nH]c([C@@H]5CCCN5)nc3-4)ccc1-2)c1ccccc1. The van der Waals surface area contributed by atoms with E-state index in [1.807, 2.05) is 18.2 Å². The molecule has 2 aliphatic heterocycles. The minimum absolute atomic E-state index is 0.0379. The zero-order chi connectivity index (χ0) is 35.2. The molecular formula is C44H51N7O. The van der Waals surface area contributed by atoms with Crippen molar-refractivity contribution in [3.8, 4) is 33.6 Å². The third kappa shape index (κ3) is 6.00. The summed E-state index contributed by atoms with van der Waals surface area (Å²) < 4.78 is 0. The molecule has 3 aromatic carbocycles. The summed E-state index contributed by atoms with van der Waals surface area (Å²) in [5.41, 5.74) is 13.6. The molecule has 0 spiro atoms. The van der Waals surface area contributed by atoms with Crippen LogP contribution in [0.25, 0.3) is 33.6 Å². The summed E-state index contributed by atoms with van der Waals surface area (Å²) in [6.45, 7) is 7.78. The minimum Gasteiger partial charge on any atom is -0.344 e. The lowest BCUT2D eigenvalue weighted by Gasteiger charge is -2.34. The van der Waals surface area contributed by atoms with E-state index in [1.54, 1.807) is 0 Å². The molecule has 2 aliphatic carbocycles. The van der Waals surface area contributed by atoms with Gasteiger partial charge in [0.25, 0.3) is 0 Å². The van der Waals surface area contributed by atoms with E-state index in [-0.39, 0.29) is 18.0 Å². The average molecular weight is 694 g/mol. The number of rotatable bonds is 8. The number of hydrogen-bond donors (Lipinski definition) is 3. The first-order valence-electron chi connectivity index (χ1n) is 19.9. The molecule has 4 aliphatic rings. The average Bonchev–Trinajstić information content (AvgIpc) is 4.00. The van der Waals surface area contributed by atoms with E-state index in [1.165, 1.54) is 51.2 Å². The first-order chi connectivity index (χ1) is 25.6. The monoisotopic (exact) mass is 693 g/mol. The molecule has 8 nitrogen and oxygen atoms in total. The van der Waals surface area contributed by atoms with Crippen LogP contribution in [0.3, 0.4) is 0 Å². The fourth-order valence-electron chi connectivity index (χ4n) is 9.45. The van der Waals surface area contributed by atoms with Crippen molar-refractivity contribution < 1.29 is 4.79 Å². The van der Waals surface area contributed by atoms with Gasteiger partial charge in [-0.3, -0.25) is 9.69 Å². The topological polar surface area (TPSA) is 92.9 Å². The fraction of sp³-hybridized carbons (Fsp3) is 0.432. The molecule has 0 radical (unpaired) electrons. The molecule has 3 N–H and O–H groups in total. The van der Waals surface area contributed by atoms with Crippen molar-refractivity contribution in [2.75, 3.05) is 26.2 Å². The largest absolute Gasteiger partial charge is 0.344 e. The molecule has 9 rings (SSSR count). The zero-order valence-electron chi connectivity index (χ0n) is 30.7. The molecule has 1 amide bonds. The number of nitrogens with one attached hydrogen (secondary N) is 3. The van der Waals surface area contributed by atoms with Crippen LogP contribution in [-0.4, -0.2) is 61.8 Å². The Hall–Kier alpha value is -4.53. The highest BCUT2D eigenvalue weighted by atomic mass is 16.2. The Kier molecular flexibility index (Phi) is 9.05. The van der Waals surface area contributed by atoms with Gasteiger partial charge in [-0.25, -0.2) is 9.97 Å². The van der Waals surface area contributed by atoms with Crippen LogP contribution in [0.15, 0.2) is 66.7 Å². The number of aryl methyl sites for hydroxylation is 4. The second-order valence-electron chi connectivity index (χ2n) is 15.2. The smallest absolute Gasteiger partial charge is 0.245 e. The summed E-state index contributed by atoms with van der Waals surface area (Å²) in [7, 11) is 0. The Bertz CT molecular complexity index is 2070. The van der Waals surface area contributed by atoms with Gasteiger partial charge < -0.3 is 20.2 Å². The lowest BCUT2D eigenvalue weighted by Crippen LogP contribution is -2.43. The molecule has 0 unspecified atom stereocenters. The van der Waals surface area contributed by atoms with Crippen molar-refractivity contribution in [2.24, 2.45) is 0 Å². The number of amides is 1. The van der Waals surface area contributed by atoms with Gasteiger partial charge in [-0.2, -0.15) is 0 Å². The molecule has 3 atom stereocenters. The van der Waals surface area contributed by atoms with Crippen molar-refractivity contribution in [1.29, 1.82) is 0 Å². The van der Waals surface area contributed by atoms with Crippen molar-refractivity contribution in [2.45, 2.75) is 96.2 Å². The standard InChI is InChI=1S/C44H51N7O/c1-3-50(4-2)41(28-12-6-5-7-13-28)44(52)51-25-11-19-38(51)43-47-36-17-9-15-32-27-30(21-23-34(32)40(36)49-43)29-20-22-33-31(26-29)14-8-16-35-39(33)48-42(46-35)37-18-10-24-45-37/h5-7,12-13,20-23,26-27,37-38,41,45H,3-4,8-11,14-19,24-25H2,1-2H3,(H,46,48)(H,47,49)/t37-,38-,41+/m0/s1. The van der Waals surface area contributed by atoms with Crippen LogP contribution in [0.5, 0.6) is 0 Å². The molecule has 5 aromatic rings. The number of imidazole rings is 2. The Labute approximate surface area is 307 Å². The molecule has 2 fully saturated rings. The summed E-state index contributed by atoms with van der Waals surface area (Å²) in [6, 6.07) is 24.3. The second kappa shape index (κ2) is 14.1. The van der Waals surface area contributed by atoms with Crippen LogP contribution < -0.4 is 5.32 Å². The van der Waals surface area contributed by atoms with Crippen LogP contribution in [0.2, 0.25) is 0 Å². The van der Waals surface area contributed by atoms with E-state index in [0.29, 0.717) is 6.04 Å². The molecule has 2 saturated heterocycles. The maximum absolute atomic E-state index is 14.4. The number of hydrogen-bond acceptors (Lipinski definition) is 5. The van der Waals surface area contributed by atoms with Crippen LogP contribution in [0.1, 0.15) is 110 Å². The summed E-state index contributed by atoms with van der Waals surface area (Å²) in [5.74, 6) is 2.23. The van der Waals surface area contributed by atoms with Gasteiger partial charge >= 0.3 is 0 Å². The molecule has 268 valence electrons. The Morgan fingerprint density at radius 1 is 0.769 bits per heavy atom. The van der Waals surface area contributed by atoms with E-state index in [2.05, 4.69) is 87.5 Å². The lowest BCUT2D eigenvalue weighted by molar-refractivity contribution is -0.138. The quantitative estimate of drug-likeness (QED) is 0.152. The number of aromatic nitrogens is 4. The van der Waals surface area contributed by atoms with Crippen LogP contribution in [0, 0.1) is 0 Å². The number of likely N-dealkylation sites (N-methyl/N-ethyl adjacent to an activating group) is 1. The first-order valence-corrected chi connectivity index (χ1v) is 19.9. The van der Waals surface area contributed by atoms with Gasteiger partial charge in [-0.05, 0) is 112 Å². The van der Waals surface area contributed by atoms with Gasteiger partial charge in [-0.15, -0.1) is 0 Å². The highest BCUT2D eigenvalue weighted by molar-refractivity contribution is 5.84. The Morgan fingerprint density at radius 3 is 2.02 bits per heavy atom. The molecule has 4 heterocycles. The zero-order valence-corrected chi connectivity index (χ0v) is 30.7. The molecule has 2 aromatic heterocycles. The number of benzene rings is 3. The third-order valence-electron chi connectivity index (χ3n) is 12.2. The lowest BCUT2D eigenvalue weighted by atomic mass is 9.93. The maximum atomic E-state index is 14.4. The summed E-state index contributed by atoms with van der Waals surface area (Å²) in [4.78, 5) is 36.7. The predicted octanol–water partition coefficient (Wildman–Crippen LogP) is 8.28. The van der Waals surface area contributed by atoms with Crippen molar-refractivity contribution in [3.63, 3.8) is 0 Å². The van der Waals surface area contributed by atoms with Crippen molar-refractivity contribution >= 4 is 5.91 Å². The Balaban J connectivity index is 0.995. The third-order valence-corrected chi connectivity index (χ3v) is 12.2. The van der Waals surface area contributed by atoms with E-state index in [9.17, 15) is 4.79 Å². The minimum atomic E-state index is -0.287. The van der Waals surface area contributed by atoms with Crippen LogP contribution >= 0.6 is 0 Å². The van der Waals surface area contributed by atoms with Crippen molar-refractivity contribution in [1.82, 2.24) is 35.1 Å². The van der Waals surface area contributed by atoms with Crippen LogP contribution in [-0.2, 0) is 30.5 Å². The number of fused-ring (bicyclic) bond motifs is 6. The summed E-state index contributed by atoms with van der Waals surface area (Å²) in [5, 5.41) is 3.61. The normalized spacial score (nSPS) is 20.2. The molecule has 0 saturated carbocycles. The second-order valence-corrected chi connectivity index (χ2v) is 15.2. The van der Waals surface area contributed by atoms with Crippen molar-refractivity contribution in [3.05, 3.63) is 106 Å². The predicted molar refractivity (Wildman–Crippen MR) is 207 cm³/mol. The van der Waals surface area contributed by atoms with E-state index >= 15 is 0 Å². The van der Waals surface area contributed by atoms with Gasteiger partial charge in [0.15, 0.2) is 0 Å². The number of carbonyl (C=O) groups is 1. The van der Waals surface area contributed by atoms with Gasteiger partial charge in [0.2, 0.25) is 5.91 Å². The Morgan fingerprint density at radius 2 is 1.40 bits per heavy atom. The number of aromatic amines is 2. The number of carbonyl (C=O) groups excluding carboxylic acids is 1. The van der Waals surface area contributed by atoms with E-state index in [4.69, 9.17) is 9.97 Å². The number of nitrogens with zero attached hydrogens (tertiary/aromatic N) is 4. The van der Waals surface area contributed by atoms with Gasteiger partial charge in [0.05, 0.1) is 23.5 Å². The maximum Gasteiger partial charge on any atom is 0.245 e. The summed E-state index contributed by atoms with van der Waals surface area (Å²) >= 11 is 0. The van der Waals surface area contributed by atoms with Crippen LogP contribution in [0.4, 0.5) is 0 Å². The van der Waals surface area contributed by atoms with Gasteiger partial charge in [-0.1, -0.05) is 80.6 Å². The molecule has 52 heavy (non-hydrogen) atoms. The first kappa shape index (κ1) is 33.3. The number of H-pyrrole nitrogens is 2. The highest BCUT2D eigenvalue weighted by Gasteiger charge is 2.38.